The molecule has 1 aromatic heterocycles. The lowest BCUT2D eigenvalue weighted by atomic mass is 10.0. The number of likely N-dealkylation sites (tertiary alicyclic amines) is 1. The average Bonchev–Trinajstić information content (AvgIpc) is 3.39. The topological polar surface area (TPSA) is 71.3 Å². The van der Waals surface area contributed by atoms with Gasteiger partial charge in [-0.1, -0.05) is 36.8 Å². The van der Waals surface area contributed by atoms with Gasteiger partial charge in [0.25, 0.3) is 0 Å². The number of rotatable bonds is 6. The highest BCUT2D eigenvalue weighted by Gasteiger charge is 2.30. The van der Waals surface area contributed by atoms with Gasteiger partial charge in [0, 0.05) is 12.5 Å². The quantitative estimate of drug-likeness (QED) is 0.875. The van der Waals surface area contributed by atoms with Gasteiger partial charge in [-0.15, -0.1) is 10.2 Å². The van der Waals surface area contributed by atoms with Crippen molar-refractivity contribution in [3.63, 3.8) is 0 Å². The molecule has 1 saturated heterocycles. The van der Waals surface area contributed by atoms with Crippen LogP contribution in [0.2, 0.25) is 0 Å². The van der Waals surface area contributed by atoms with Crippen LogP contribution in [0.4, 0.5) is 0 Å². The van der Waals surface area contributed by atoms with Crippen LogP contribution in [0.15, 0.2) is 34.7 Å². The van der Waals surface area contributed by atoms with E-state index in [2.05, 4.69) is 32.5 Å². The summed E-state index contributed by atoms with van der Waals surface area (Å²) < 4.78 is 5.62. The molecule has 0 unspecified atom stereocenters. The van der Waals surface area contributed by atoms with Crippen molar-refractivity contribution in [2.75, 3.05) is 6.54 Å². The summed E-state index contributed by atoms with van der Waals surface area (Å²) in [5.74, 6) is 1.71. The minimum atomic E-state index is -0.0835. The van der Waals surface area contributed by atoms with Crippen LogP contribution in [0, 0.1) is 0 Å². The van der Waals surface area contributed by atoms with Gasteiger partial charge in [0.2, 0.25) is 17.7 Å². The predicted molar refractivity (Wildman–Crippen MR) is 92.6 cm³/mol. The lowest BCUT2D eigenvalue weighted by Crippen LogP contribution is -2.48. The monoisotopic (exact) mass is 340 g/mol. The minimum Gasteiger partial charge on any atom is -0.423 e. The number of hydrogen-bond donors (Lipinski definition) is 1. The van der Waals surface area contributed by atoms with Crippen molar-refractivity contribution in [3.05, 3.63) is 47.7 Å². The Labute approximate surface area is 147 Å². The Kier molecular flexibility index (Phi) is 4.78. The van der Waals surface area contributed by atoms with E-state index < -0.39 is 0 Å². The van der Waals surface area contributed by atoms with Crippen LogP contribution in [0.1, 0.15) is 55.4 Å². The van der Waals surface area contributed by atoms with E-state index >= 15 is 0 Å². The molecular weight excluding hydrogens is 316 g/mol. The normalized spacial score (nSPS) is 21.2. The number of benzene rings is 1. The second-order valence-corrected chi connectivity index (χ2v) is 6.99. The van der Waals surface area contributed by atoms with Gasteiger partial charge in [-0.25, -0.2) is 0 Å². The summed E-state index contributed by atoms with van der Waals surface area (Å²) >= 11 is 0. The molecule has 1 aliphatic carbocycles. The van der Waals surface area contributed by atoms with Gasteiger partial charge in [-0.05, 0) is 37.8 Å². The van der Waals surface area contributed by atoms with E-state index in [1.807, 2.05) is 18.2 Å². The molecule has 1 saturated carbocycles. The maximum Gasteiger partial charge on any atom is 0.237 e. The Hall–Kier alpha value is -2.21. The molecule has 0 spiro atoms. The van der Waals surface area contributed by atoms with E-state index in [9.17, 15) is 4.79 Å². The first-order valence-corrected chi connectivity index (χ1v) is 9.17. The van der Waals surface area contributed by atoms with Crippen molar-refractivity contribution in [3.8, 4) is 0 Å². The number of nitrogens with one attached hydrogen (secondary N) is 1. The van der Waals surface area contributed by atoms with Crippen LogP contribution < -0.4 is 5.32 Å². The Bertz CT molecular complexity index is 711. The number of carbonyl (C=O) groups is 1. The molecule has 2 aliphatic rings. The predicted octanol–water partition coefficient (Wildman–Crippen LogP) is 2.62. The molecule has 6 nitrogen and oxygen atoms in total. The summed E-state index contributed by atoms with van der Waals surface area (Å²) in [6.07, 6.45) is 5.39. The van der Waals surface area contributed by atoms with E-state index in [0.717, 1.165) is 45.2 Å². The maximum atomic E-state index is 12.7. The molecule has 25 heavy (non-hydrogen) atoms. The highest BCUT2D eigenvalue weighted by Crippen LogP contribution is 2.38. The molecule has 1 aromatic carbocycles. The standard InChI is InChI=1S/C19H24N4O2/c24-18(20-12-17-21-22-19(25-17)15-9-10-15)16-8-4-5-11-23(16)13-14-6-2-1-3-7-14/h1-3,6-7,15-16H,4-5,8-13H2,(H,20,24)/t16-/m0/s1. The third-order valence-corrected chi connectivity index (χ3v) is 4.97. The van der Waals surface area contributed by atoms with Crippen molar-refractivity contribution < 1.29 is 9.21 Å². The number of nitrogens with zero attached hydrogens (tertiary/aromatic N) is 3. The van der Waals surface area contributed by atoms with Gasteiger partial charge >= 0.3 is 0 Å². The first-order chi connectivity index (χ1) is 12.3. The van der Waals surface area contributed by atoms with Crippen molar-refractivity contribution in [2.45, 2.75) is 57.2 Å². The van der Waals surface area contributed by atoms with Crippen LogP contribution in [-0.2, 0) is 17.9 Å². The first kappa shape index (κ1) is 16.3. The number of aromatic nitrogens is 2. The van der Waals surface area contributed by atoms with Gasteiger partial charge in [-0.3, -0.25) is 9.69 Å². The Balaban J connectivity index is 1.34. The van der Waals surface area contributed by atoms with E-state index in [1.165, 1.54) is 5.56 Å². The fraction of sp³-hybridized carbons (Fsp3) is 0.526. The van der Waals surface area contributed by atoms with Crippen molar-refractivity contribution in [2.24, 2.45) is 0 Å². The molecule has 132 valence electrons. The SMILES string of the molecule is O=C(NCc1nnc(C2CC2)o1)[C@@H]1CCCCN1Cc1ccccc1. The zero-order valence-electron chi connectivity index (χ0n) is 14.4. The van der Waals surface area contributed by atoms with Gasteiger partial charge in [0.15, 0.2) is 0 Å². The first-order valence-electron chi connectivity index (χ1n) is 9.17. The molecule has 1 atom stereocenters. The summed E-state index contributed by atoms with van der Waals surface area (Å²) in [6, 6.07) is 10.2. The highest BCUT2D eigenvalue weighted by atomic mass is 16.4. The van der Waals surface area contributed by atoms with E-state index in [-0.39, 0.29) is 11.9 Å². The molecule has 1 N–H and O–H groups in total. The smallest absolute Gasteiger partial charge is 0.237 e. The molecule has 2 heterocycles. The summed E-state index contributed by atoms with van der Waals surface area (Å²) in [5.41, 5.74) is 1.24. The fourth-order valence-corrected chi connectivity index (χ4v) is 3.41. The van der Waals surface area contributed by atoms with Gasteiger partial charge in [0.1, 0.15) is 0 Å². The summed E-state index contributed by atoms with van der Waals surface area (Å²) in [6.45, 7) is 2.08. The van der Waals surface area contributed by atoms with Crippen LogP contribution >= 0.6 is 0 Å². The molecule has 6 heteroatoms. The van der Waals surface area contributed by atoms with Crippen LogP contribution in [0.25, 0.3) is 0 Å². The summed E-state index contributed by atoms with van der Waals surface area (Å²) in [7, 11) is 0. The van der Waals surface area contributed by atoms with Crippen LogP contribution in [-0.4, -0.2) is 33.6 Å². The minimum absolute atomic E-state index is 0.0572. The fourth-order valence-electron chi connectivity index (χ4n) is 3.41. The third-order valence-electron chi connectivity index (χ3n) is 4.97. The van der Waals surface area contributed by atoms with Gasteiger partial charge < -0.3 is 9.73 Å². The zero-order chi connectivity index (χ0) is 17.1. The Morgan fingerprint density at radius 1 is 1.16 bits per heavy atom. The number of piperidine rings is 1. The number of amides is 1. The maximum absolute atomic E-state index is 12.7. The Morgan fingerprint density at radius 2 is 2.00 bits per heavy atom. The molecule has 0 bridgehead atoms. The van der Waals surface area contributed by atoms with Crippen LogP contribution in [0.5, 0.6) is 0 Å². The largest absolute Gasteiger partial charge is 0.423 e. The second kappa shape index (κ2) is 7.35. The molecular formula is C19H24N4O2. The van der Waals surface area contributed by atoms with Crippen molar-refractivity contribution in [1.82, 2.24) is 20.4 Å². The van der Waals surface area contributed by atoms with E-state index in [0.29, 0.717) is 24.2 Å². The van der Waals surface area contributed by atoms with E-state index in [4.69, 9.17) is 4.42 Å². The van der Waals surface area contributed by atoms with Crippen molar-refractivity contribution >= 4 is 5.91 Å². The number of carbonyl (C=O) groups excluding carboxylic acids is 1. The lowest BCUT2D eigenvalue weighted by Gasteiger charge is -2.34. The molecule has 2 aromatic rings. The second-order valence-electron chi connectivity index (χ2n) is 6.99. The average molecular weight is 340 g/mol. The Morgan fingerprint density at radius 3 is 2.80 bits per heavy atom. The lowest BCUT2D eigenvalue weighted by molar-refractivity contribution is -0.128. The van der Waals surface area contributed by atoms with Crippen LogP contribution in [0.3, 0.4) is 0 Å². The zero-order valence-corrected chi connectivity index (χ0v) is 14.4. The van der Waals surface area contributed by atoms with Crippen molar-refractivity contribution in [1.29, 1.82) is 0 Å². The van der Waals surface area contributed by atoms with Gasteiger partial charge in [-0.2, -0.15) is 0 Å². The summed E-state index contributed by atoms with van der Waals surface area (Å²) in [5, 5.41) is 11.1. The van der Waals surface area contributed by atoms with Gasteiger partial charge in [0.05, 0.1) is 12.6 Å². The molecule has 0 radical (unpaired) electrons. The molecule has 4 rings (SSSR count). The third kappa shape index (κ3) is 4.07. The molecule has 1 aliphatic heterocycles. The number of hydrogen-bond acceptors (Lipinski definition) is 5. The van der Waals surface area contributed by atoms with E-state index in [1.54, 1.807) is 0 Å². The molecule has 1 amide bonds. The highest BCUT2D eigenvalue weighted by molar-refractivity contribution is 5.81. The molecule has 2 fully saturated rings. The summed E-state index contributed by atoms with van der Waals surface area (Å²) in [4.78, 5) is 15.0.